The second kappa shape index (κ2) is 8.46. The van der Waals surface area contributed by atoms with Crippen LogP contribution < -0.4 is 5.73 Å². The van der Waals surface area contributed by atoms with Crippen molar-refractivity contribution in [3.8, 4) is 5.69 Å². The molecule has 32 heavy (non-hydrogen) atoms. The van der Waals surface area contributed by atoms with Gasteiger partial charge in [-0.2, -0.15) is 0 Å². The fraction of sp³-hybridized carbons (Fsp3) is 0.227. The number of rotatable bonds is 5. The third kappa shape index (κ3) is 4.09. The average molecular weight is 444 g/mol. The van der Waals surface area contributed by atoms with Crippen molar-refractivity contribution >= 4 is 11.9 Å². The van der Waals surface area contributed by atoms with Crippen LogP contribution in [0.4, 0.5) is 13.2 Å². The summed E-state index contributed by atoms with van der Waals surface area (Å²) in [5.41, 5.74) is 7.57. The first-order valence-corrected chi connectivity index (χ1v) is 9.79. The Morgan fingerprint density at radius 2 is 1.81 bits per heavy atom. The molecule has 0 spiro atoms. The molecule has 166 valence electrons. The summed E-state index contributed by atoms with van der Waals surface area (Å²) >= 11 is 0. The highest BCUT2D eigenvalue weighted by Gasteiger charge is 2.28. The molecular formula is C22H19F3N4O3. The molecule has 1 unspecified atom stereocenters. The minimum Gasteiger partial charge on any atom is -0.476 e. The van der Waals surface area contributed by atoms with Gasteiger partial charge in [-0.05, 0) is 29.7 Å². The first kappa shape index (κ1) is 21.6. The SMILES string of the molecule is NC(CC(=O)N1Cc2ccccc2-n2cnc(C(=O)O)c2C1)Cc1cc(F)c(F)cc1F. The van der Waals surface area contributed by atoms with Crippen LogP contribution in [0.3, 0.4) is 0 Å². The molecule has 0 saturated heterocycles. The fourth-order valence-electron chi connectivity index (χ4n) is 3.84. The van der Waals surface area contributed by atoms with Crippen molar-refractivity contribution < 1.29 is 27.9 Å². The third-order valence-corrected chi connectivity index (χ3v) is 5.38. The summed E-state index contributed by atoms with van der Waals surface area (Å²) in [6.45, 7) is 0.198. The Morgan fingerprint density at radius 1 is 1.09 bits per heavy atom. The Hall–Kier alpha value is -3.66. The van der Waals surface area contributed by atoms with Gasteiger partial charge in [-0.1, -0.05) is 18.2 Å². The predicted molar refractivity (Wildman–Crippen MR) is 107 cm³/mol. The van der Waals surface area contributed by atoms with E-state index in [2.05, 4.69) is 4.98 Å². The van der Waals surface area contributed by atoms with E-state index in [1.165, 1.54) is 11.2 Å². The van der Waals surface area contributed by atoms with Crippen molar-refractivity contribution in [1.82, 2.24) is 14.5 Å². The smallest absolute Gasteiger partial charge is 0.356 e. The third-order valence-electron chi connectivity index (χ3n) is 5.38. The molecule has 7 nitrogen and oxygen atoms in total. The van der Waals surface area contributed by atoms with Crippen molar-refractivity contribution in [1.29, 1.82) is 0 Å². The van der Waals surface area contributed by atoms with E-state index < -0.39 is 29.5 Å². The lowest BCUT2D eigenvalue weighted by atomic mass is 10.0. The van der Waals surface area contributed by atoms with Gasteiger partial charge < -0.3 is 20.3 Å². The number of para-hydroxylation sites is 1. The molecule has 0 bridgehead atoms. The molecule has 1 amide bonds. The van der Waals surface area contributed by atoms with Crippen molar-refractivity contribution in [2.45, 2.75) is 32.0 Å². The molecule has 1 aliphatic rings. The quantitative estimate of drug-likeness (QED) is 0.590. The van der Waals surface area contributed by atoms with E-state index in [9.17, 15) is 27.9 Å². The van der Waals surface area contributed by atoms with E-state index in [0.717, 1.165) is 11.6 Å². The maximum absolute atomic E-state index is 13.9. The van der Waals surface area contributed by atoms with Crippen LogP contribution in [-0.4, -0.2) is 37.5 Å². The lowest BCUT2D eigenvalue weighted by Crippen LogP contribution is -2.36. The lowest BCUT2D eigenvalue weighted by Gasteiger charge is -2.23. The molecular weight excluding hydrogens is 425 g/mol. The number of hydrogen-bond acceptors (Lipinski definition) is 4. The van der Waals surface area contributed by atoms with Gasteiger partial charge in [0.2, 0.25) is 5.91 Å². The normalized spacial score (nSPS) is 13.8. The number of carbonyl (C=O) groups is 2. The average Bonchev–Trinajstić information content (AvgIpc) is 3.08. The molecule has 2 heterocycles. The minimum atomic E-state index is -1.30. The zero-order valence-corrected chi connectivity index (χ0v) is 16.8. The number of halogens is 3. The number of aromatic carboxylic acids is 1. The number of carboxylic acid groups (broad SMARTS) is 1. The van der Waals surface area contributed by atoms with E-state index in [0.29, 0.717) is 17.4 Å². The van der Waals surface area contributed by atoms with Gasteiger partial charge in [-0.3, -0.25) is 4.79 Å². The van der Waals surface area contributed by atoms with Crippen molar-refractivity contribution in [3.05, 3.63) is 82.7 Å². The second-order valence-electron chi connectivity index (χ2n) is 7.62. The summed E-state index contributed by atoms with van der Waals surface area (Å²) in [6.07, 6.45) is 1.04. The molecule has 1 aromatic heterocycles. The van der Waals surface area contributed by atoms with Gasteiger partial charge in [0, 0.05) is 25.1 Å². The Kier molecular flexibility index (Phi) is 5.70. The van der Waals surface area contributed by atoms with Gasteiger partial charge in [0.1, 0.15) is 12.1 Å². The molecule has 1 aliphatic heterocycles. The Labute approximate surface area is 180 Å². The molecule has 10 heteroatoms. The second-order valence-corrected chi connectivity index (χ2v) is 7.62. The number of amides is 1. The van der Waals surface area contributed by atoms with E-state index in [-0.39, 0.29) is 43.1 Å². The first-order chi connectivity index (χ1) is 15.2. The number of nitrogens with zero attached hydrogens (tertiary/aromatic N) is 3. The molecule has 4 rings (SSSR count). The van der Waals surface area contributed by atoms with Gasteiger partial charge in [-0.15, -0.1) is 0 Å². The highest BCUT2D eigenvalue weighted by Crippen LogP contribution is 2.27. The van der Waals surface area contributed by atoms with Crippen LogP contribution in [-0.2, 0) is 24.3 Å². The van der Waals surface area contributed by atoms with E-state index in [1.54, 1.807) is 22.8 Å². The molecule has 0 saturated carbocycles. The van der Waals surface area contributed by atoms with Gasteiger partial charge in [-0.25, -0.2) is 22.9 Å². The van der Waals surface area contributed by atoms with E-state index in [1.807, 2.05) is 6.07 Å². The molecule has 0 aliphatic carbocycles. The maximum Gasteiger partial charge on any atom is 0.356 e. The highest BCUT2D eigenvalue weighted by molar-refractivity contribution is 5.87. The summed E-state index contributed by atoms with van der Waals surface area (Å²) in [5.74, 6) is -5.04. The van der Waals surface area contributed by atoms with Crippen molar-refractivity contribution in [3.63, 3.8) is 0 Å². The molecule has 0 radical (unpaired) electrons. The number of carboxylic acids is 1. The topological polar surface area (TPSA) is 101 Å². The molecule has 2 aromatic carbocycles. The largest absolute Gasteiger partial charge is 0.476 e. The number of fused-ring (bicyclic) bond motifs is 3. The van der Waals surface area contributed by atoms with Crippen molar-refractivity contribution in [2.75, 3.05) is 0 Å². The predicted octanol–water partition coefficient (Wildman–Crippen LogP) is 2.79. The molecule has 0 fully saturated rings. The summed E-state index contributed by atoms with van der Waals surface area (Å²) in [5, 5.41) is 9.48. The Morgan fingerprint density at radius 3 is 2.56 bits per heavy atom. The molecule has 3 aromatic rings. The number of carbonyl (C=O) groups excluding carboxylic acids is 1. The van der Waals surface area contributed by atoms with E-state index >= 15 is 0 Å². The number of hydrogen-bond donors (Lipinski definition) is 2. The Bertz CT molecular complexity index is 1210. The highest BCUT2D eigenvalue weighted by atomic mass is 19.2. The minimum absolute atomic E-state index is 0.0125. The lowest BCUT2D eigenvalue weighted by molar-refractivity contribution is -0.132. The zero-order chi connectivity index (χ0) is 23.0. The van der Waals surface area contributed by atoms with Gasteiger partial charge in [0.25, 0.3) is 0 Å². The number of benzene rings is 2. The first-order valence-electron chi connectivity index (χ1n) is 9.79. The maximum atomic E-state index is 13.9. The van der Waals surface area contributed by atoms with Crippen LogP contribution in [0, 0.1) is 17.5 Å². The Balaban J connectivity index is 1.57. The zero-order valence-electron chi connectivity index (χ0n) is 16.8. The van der Waals surface area contributed by atoms with Gasteiger partial charge in [0.05, 0.1) is 17.9 Å². The number of aromatic nitrogens is 2. The standard InChI is InChI=1S/C22H19F3N4O3/c23-15-8-17(25)16(24)6-13(15)5-14(26)7-20(30)28-9-12-3-1-2-4-18(12)29-11-27-21(22(31)32)19(29)10-28/h1-4,6,8,11,14H,5,7,9-10,26H2,(H,31,32). The van der Waals surface area contributed by atoms with Crippen LogP contribution >= 0.6 is 0 Å². The van der Waals surface area contributed by atoms with Crippen LogP contribution in [0.25, 0.3) is 5.69 Å². The number of nitrogens with two attached hydrogens (primary N) is 1. The van der Waals surface area contributed by atoms with Crippen molar-refractivity contribution in [2.24, 2.45) is 5.73 Å². The monoisotopic (exact) mass is 444 g/mol. The summed E-state index contributed by atoms with van der Waals surface area (Å²) in [4.78, 5) is 30.0. The summed E-state index contributed by atoms with van der Waals surface area (Å²) in [6, 6.07) is 7.55. The molecule has 3 N–H and O–H groups in total. The fourth-order valence-corrected chi connectivity index (χ4v) is 3.84. The van der Waals surface area contributed by atoms with Crippen LogP contribution in [0.15, 0.2) is 42.7 Å². The van der Waals surface area contributed by atoms with Crippen LogP contribution in [0.5, 0.6) is 0 Å². The van der Waals surface area contributed by atoms with Gasteiger partial charge in [0.15, 0.2) is 17.3 Å². The summed E-state index contributed by atoms with van der Waals surface area (Å²) < 4.78 is 42.2. The van der Waals surface area contributed by atoms with Gasteiger partial charge >= 0.3 is 5.97 Å². The number of imidazole rings is 1. The van der Waals surface area contributed by atoms with Crippen LogP contribution in [0.2, 0.25) is 0 Å². The molecule has 1 atom stereocenters. The van der Waals surface area contributed by atoms with E-state index in [4.69, 9.17) is 5.73 Å². The van der Waals surface area contributed by atoms with Crippen LogP contribution in [0.1, 0.15) is 33.7 Å². The summed E-state index contributed by atoms with van der Waals surface area (Å²) in [7, 11) is 0.